The topological polar surface area (TPSA) is 52.0 Å². The fourth-order valence-electron chi connectivity index (χ4n) is 3.64. The number of nitrogens with zero attached hydrogens (tertiary/aromatic N) is 3. The van der Waals surface area contributed by atoms with Crippen molar-refractivity contribution in [1.29, 1.82) is 0 Å². The first-order valence-electron chi connectivity index (χ1n) is 10.6. The molecule has 0 spiro atoms. The SMILES string of the molecule is CCO/C(=C\C(c1ccccc1)C(Nc1ccccc1)c1ccc(Cl)cc1)n1cncn1. The van der Waals surface area contributed by atoms with E-state index in [2.05, 4.69) is 57.9 Å². The fraction of sp³-hybridized carbons (Fsp3) is 0.154. The Morgan fingerprint density at radius 3 is 2.28 bits per heavy atom. The quantitative estimate of drug-likeness (QED) is 0.303. The zero-order chi connectivity index (χ0) is 22.2. The first-order valence-corrected chi connectivity index (χ1v) is 10.9. The Labute approximate surface area is 193 Å². The molecule has 0 aliphatic carbocycles. The van der Waals surface area contributed by atoms with Crippen LogP contribution in [0.5, 0.6) is 0 Å². The molecule has 2 unspecified atom stereocenters. The molecule has 0 aliphatic heterocycles. The molecule has 0 aliphatic rings. The molecule has 0 saturated carbocycles. The number of anilines is 1. The van der Waals surface area contributed by atoms with Crippen molar-refractivity contribution in [3.8, 4) is 0 Å². The van der Waals surface area contributed by atoms with Crippen molar-refractivity contribution in [2.75, 3.05) is 11.9 Å². The average molecular weight is 445 g/mol. The summed E-state index contributed by atoms with van der Waals surface area (Å²) in [7, 11) is 0. The van der Waals surface area contributed by atoms with Gasteiger partial charge in [-0.05, 0) is 48.4 Å². The highest BCUT2D eigenvalue weighted by molar-refractivity contribution is 6.30. The van der Waals surface area contributed by atoms with Crippen LogP contribution in [-0.2, 0) is 4.74 Å². The molecule has 0 radical (unpaired) electrons. The van der Waals surface area contributed by atoms with Crippen LogP contribution < -0.4 is 5.32 Å². The molecule has 0 amide bonds. The number of halogens is 1. The first-order chi connectivity index (χ1) is 15.7. The smallest absolute Gasteiger partial charge is 0.212 e. The van der Waals surface area contributed by atoms with Gasteiger partial charge in [-0.3, -0.25) is 0 Å². The van der Waals surface area contributed by atoms with E-state index in [1.54, 1.807) is 11.0 Å². The van der Waals surface area contributed by atoms with Gasteiger partial charge >= 0.3 is 0 Å². The lowest BCUT2D eigenvalue weighted by molar-refractivity contribution is 0.270. The standard InChI is InChI=1S/C26H25ClN4O/c1-2-32-25(31-19-28-18-29-31)17-24(20-9-5-3-6-10-20)26(21-13-15-22(27)16-14-21)30-23-11-7-4-8-12-23/h3-19,24,26,30H,2H2,1H3/b25-17-. The summed E-state index contributed by atoms with van der Waals surface area (Å²) in [4.78, 5) is 4.09. The van der Waals surface area contributed by atoms with Crippen molar-refractivity contribution >= 4 is 23.2 Å². The summed E-state index contributed by atoms with van der Waals surface area (Å²) < 4.78 is 7.62. The summed E-state index contributed by atoms with van der Waals surface area (Å²) >= 11 is 6.20. The molecule has 0 saturated heterocycles. The van der Waals surface area contributed by atoms with Gasteiger partial charge in [-0.2, -0.15) is 9.78 Å². The monoisotopic (exact) mass is 444 g/mol. The minimum Gasteiger partial charge on any atom is -0.478 e. The summed E-state index contributed by atoms with van der Waals surface area (Å²) in [6.45, 7) is 2.48. The molecule has 2 atom stereocenters. The lowest BCUT2D eigenvalue weighted by Crippen LogP contribution is -2.20. The van der Waals surface area contributed by atoms with Crippen LogP contribution in [0.2, 0.25) is 5.02 Å². The van der Waals surface area contributed by atoms with Crippen LogP contribution in [0.15, 0.2) is 104 Å². The van der Waals surface area contributed by atoms with Crippen LogP contribution in [0.3, 0.4) is 0 Å². The normalized spacial score (nSPS) is 13.4. The molecule has 6 heteroatoms. The van der Waals surface area contributed by atoms with Gasteiger partial charge < -0.3 is 10.1 Å². The second-order valence-electron chi connectivity index (χ2n) is 7.25. The van der Waals surface area contributed by atoms with Gasteiger partial charge in [-0.1, -0.05) is 72.3 Å². The maximum atomic E-state index is 6.20. The summed E-state index contributed by atoms with van der Waals surface area (Å²) in [6, 6.07) is 28.4. The molecule has 4 aromatic rings. The molecular weight excluding hydrogens is 420 g/mol. The molecule has 3 aromatic carbocycles. The van der Waals surface area contributed by atoms with E-state index >= 15 is 0 Å². The van der Waals surface area contributed by atoms with Crippen LogP contribution >= 0.6 is 11.6 Å². The van der Waals surface area contributed by atoms with Gasteiger partial charge in [-0.15, -0.1) is 0 Å². The molecule has 32 heavy (non-hydrogen) atoms. The Morgan fingerprint density at radius 1 is 0.969 bits per heavy atom. The molecule has 1 aromatic heterocycles. The van der Waals surface area contributed by atoms with E-state index in [1.807, 2.05) is 55.5 Å². The van der Waals surface area contributed by atoms with E-state index in [9.17, 15) is 0 Å². The van der Waals surface area contributed by atoms with E-state index in [1.165, 1.54) is 6.33 Å². The summed E-state index contributed by atoms with van der Waals surface area (Å²) in [5.41, 5.74) is 3.28. The largest absolute Gasteiger partial charge is 0.478 e. The predicted octanol–water partition coefficient (Wildman–Crippen LogP) is 6.40. The Kier molecular flexibility index (Phi) is 7.20. The van der Waals surface area contributed by atoms with Crippen LogP contribution in [0, 0.1) is 0 Å². The van der Waals surface area contributed by atoms with Crippen molar-refractivity contribution in [3.63, 3.8) is 0 Å². The molecule has 4 rings (SSSR count). The second-order valence-corrected chi connectivity index (χ2v) is 7.69. The Morgan fingerprint density at radius 2 is 1.66 bits per heavy atom. The van der Waals surface area contributed by atoms with Crippen LogP contribution in [0.25, 0.3) is 5.88 Å². The number of aromatic nitrogens is 3. The van der Waals surface area contributed by atoms with Gasteiger partial charge in [0.2, 0.25) is 5.88 Å². The predicted molar refractivity (Wildman–Crippen MR) is 129 cm³/mol. The molecule has 5 nitrogen and oxygen atoms in total. The van der Waals surface area contributed by atoms with Gasteiger partial charge in [0, 0.05) is 16.6 Å². The number of benzene rings is 3. The lowest BCUT2D eigenvalue weighted by atomic mass is 9.86. The average Bonchev–Trinajstić information content (AvgIpc) is 3.37. The third-order valence-corrected chi connectivity index (χ3v) is 5.38. The highest BCUT2D eigenvalue weighted by Crippen LogP contribution is 2.37. The van der Waals surface area contributed by atoms with Crippen molar-refractivity contribution in [1.82, 2.24) is 14.8 Å². The Balaban J connectivity index is 1.84. The molecular formula is C26H25ClN4O. The lowest BCUT2D eigenvalue weighted by Gasteiger charge is -2.28. The van der Waals surface area contributed by atoms with E-state index in [0.29, 0.717) is 17.5 Å². The number of hydrogen-bond donors (Lipinski definition) is 1. The third-order valence-electron chi connectivity index (χ3n) is 5.13. The third kappa shape index (κ3) is 5.37. The van der Waals surface area contributed by atoms with Gasteiger partial charge in [0.15, 0.2) is 0 Å². The van der Waals surface area contributed by atoms with Gasteiger partial charge in [0.05, 0.1) is 12.6 Å². The van der Waals surface area contributed by atoms with E-state index in [4.69, 9.17) is 16.3 Å². The summed E-state index contributed by atoms with van der Waals surface area (Å²) in [5, 5.41) is 8.71. The van der Waals surface area contributed by atoms with Crippen LogP contribution in [0.1, 0.15) is 30.0 Å². The van der Waals surface area contributed by atoms with Crippen molar-refractivity contribution in [2.45, 2.75) is 18.9 Å². The maximum absolute atomic E-state index is 6.20. The van der Waals surface area contributed by atoms with Gasteiger partial charge in [-0.25, -0.2) is 4.98 Å². The van der Waals surface area contributed by atoms with E-state index in [-0.39, 0.29) is 12.0 Å². The second kappa shape index (κ2) is 10.6. The summed E-state index contributed by atoms with van der Waals surface area (Å²) in [6.07, 6.45) is 5.25. The van der Waals surface area contributed by atoms with E-state index < -0.39 is 0 Å². The molecule has 1 heterocycles. The highest BCUT2D eigenvalue weighted by Gasteiger charge is 2.25. The highest BCUT2D eigenvalue weighted by atomic mass is 35.5. The number of nitrogens with one attached hydrogen (secondary N) is 1. The van der Waals surface area contributed by atoms with Gasteiger partial charge in [0.25, 0.3) is 0 Å². The zero-order valence-electron chi connectivity index (χ0n) is 17.8. The number of para-hydroxylation sites is 1. The maximum Gasteiger partial charge on any atom is 0.212 e. The summed E-state index contributed by atoms with van der Waals surface area (Å²) in [5.74, 6) is 0.566. The zero-order valence-corrected chi connectivity index (χ0v) is 18.6. The first kappa shape index (κ1) is 21.7. The van der Waals surface area contributed by atoms with Gasteiger partial charge in [0.1, 0.15) is 12.7 Å². The van der Waals surface area contributed by atoms with Crippen molar-refractivity contribution < 1.29 is 4.74 Å². The van der Waals surface area contributed by atoms with E-state index in [0.717, 1.165) is 16.8 Å². The van der Waals surface area contributed by atoms with Crippen molar-refractivity contribution in [3.05, 3.63) is 120 Å². The Bertz CT molecular complexity index is 1110. The minimum absolute atomic E-state index is 0.0664. The molecule has 0 fully saturated rings. The Hall–Kier alpha value is -3.57. The number of ether oxygens (including phenoxy) is 1. The van der Waals surface area contributed by atoms with Crippen LogP contribution in [0.4, 0.5) is 5.69 Å². The number of rotatable bonds is 9. The van der Waals surface area contributed by atoms with Crippen LogP contribution in [-0.4, -0.2) is 21.4 Å². The van der Waals surface area contributed by atoms with Crippen molar-refractivity contribution in [2.24, 2.45) is 0 Å². The molecule has 162 valence electrons. The molecule has 0 bridgehead atoms. The molecule has 1 N–H and O–H groups in total. The number of hydrogen-bond acceptors (Lipinski definition) is 4. The minimum atomic E-state index is -0.0870. The fourth-order valence-corrected chi connectivity index (χ4v) is 3.76.